The van der Waals surface area contributed by atoms with Gasteiger partial charge in [-0.05, 0) is 43.5 Å². The fourth-order valence-electron chi connectivity index (χ4n) is 3.54. The first-order valence-corrected chi connectivity index (χ1v) is 8.84. The molecule has 2 aromatic carbocycles. The van der Waals surface area contributed by atoms with Gasteiger partial charge in [0.25, 0.3) is 0 Å². The van der Waals surface area contributed by atoms with Crippen LogP contribution in [0.3, 0.4) is 0 Å². The number of carboxylic acids is 1. The Morgan fingerprint density at radius 2 is 1.77 bits per heavy atom. The maximum Gasteiger partial charge on any atom is 0.318 e. The predicted octanol–water partition coefficient (Wildman–Crippen LogP) is 4.66. The number of benzene rings is 2. The number of aromatic amines is 1. The standard InChI is InChI=1S/C21H23NO4/c1-4-21(5-2,26-20(25)12-19(23)24)14-7-8-15-16-10-13(3)6-9-17(16)22-18(15)11-14/h6-11,22H,4-5,12H2,1-3H3,(H,23,24). The van der Waals surface area contributed by atoms with Crippen LogP contribution in [0, 0.1) is 6.92 Å². The van der Waals surface area contributed by atoms with Crippen LogP contribution in [-0.2, 0) is 19.9 Å². The highest BCUT2D eigenvalue weighted by atomic mass is 16.6. The number of aromatic nitrogens is 1. The Morgan fingerprint density at radius 1 is 1.04 bits per heavy atom. The quantitative estimate of drug-likeness (QED) is 0.499. The summed E-state index contributed by atoms with van der Waals surface area (Å²) in [6.07, 6.45) is 0.509. The van der Waals surface area contributed by atoms with Gasteiger partial charge in [-0.25, -0.2) is 0 Å². The Bertz CT molecular complexity index is 982. The number of carbonyl (C=O) groups is 2. The number of carboxylic acid groups (broad SMARTS) is 1. The zero-order valence-corrected chi connectivity index (χ0v) is 15.3. The van der Waals surface area contributed by atoms with Crippen molar-refractivity contribution in [2.75, 3.05) is 0 Å². The van der Waals surface area contributed by atoms with Crippen molar-refractivity contribution in [3.63, 3.8) is 0 Å². The van der Waals surface area contributed by atoms with Crippen LogP contribution in [0.15, 0.2) is 36.4 Å². The summed E-state index contributed by atoms with van der Waals surface area (Å²) in [6, 6.07) is 12.3. The molecule has 2 N–H and O–H groups in total. The summed E-state index contributed by atoms with van der Waals surface area (Å²) in [4.78, 5) is 26.2. The molecule has 26 heavy (non-hydrogen) atoms. The number of aliphatic carboxylic acids is 1. The van der Waals surface area contributed by atoms with E-state index in [-0.39, 0.29) is 0 Å². The number of nitrogens with one attached hydrogen (secondary N) is 1. The third-order valence-corrected chi connectivity index (χ3v) is 5.03. The molecule has 1 aromatic heterocycles. The molecule has 0 bridgehead atoms. The molecule has 0 spiro atoms. The monoisotopic (exact) mass is 353 g/mol. The lowest BCUT2D eigenvalue weighted by Gasteiger charge is -2.32. The van der Waals surface area contributed by atoms with E-state index >= 15 is 0 Å². The lowest BCUT2D eigenvalue weighted by atomic mass is 9.87. The highest BCUT2D eigenvalue weighted by molar-refractivity contribution is 6.07. The molecule has 136 valence electrons. The van der Waals surface area contributed by atoms with E-state index < -0.39 is 24.0 Å². The second kappa shape index (κ2) is 6.83. The van der Waals surface area contributed by atoms with Gasteiger partial charge in [0.1, 0.15) is 12.0 Å². The van der Waals surface area contributed by atoms with Crippen LogP contribution in [0.25, 0.3) is 21.8 Å². The number of aryl methyl sites for hydroxylation is 1. The molecule has 0 atom stereocenters. The van der Waals surface area contributed by atoms with Crippen molar-refractivity contribution in [1.29, 1.82) is 0 Å². The third kappa shape index (κ3) is 3.17. The van der Waals surface area contributed by atoms with E-state index in [0.29, 0.717) is 12.8 Å². The molecule has 0 aliphatic rings. The molecule has 0 aliphatic carbocycles. The van der Waals surface area contributed by atoms with Crippen molar-refractivity contribution >= 4 is 33.7 Å². The smallest absolute Gasteiger partial charge is 0.318 e. The van der Waals surface area contributed by atoms with E-state index in [2.05, 4.69) is 30.1 Å². The number of H-pyrrole nitrogens is 1. The molecular weight excluding hydrogens is 330 g/mol. The minimum Gasteiger partial charge on any atom is -0.481 e. The molecule has 3 aromatic rings. The Labute approximate surface area is 152 Å². The Hall–Kier alpha value is -2.82. The molecule has 0 unspecified atom stereocenters. The van der Waals surface area contributed by atoms with Gasteiger partial charge in [0.2, 0.25) is 0 Å². The van der Waals surface area contributed by atoms with E-state index in [1.807, 2.05) is 32.0 Å². The average molecular weight is 353 g/mol. The highest BCUT2D eigenvalue weighted by Gasteiger charge is 2.33. The van der Waals surface area contributed by atoms with E-state index in [1.54, 1.807) is 0 Å². The lowest BCUT2D eigenvalue weighted by molar-refractivity contribution is -0.165. The van der Waals surface area contributed by atoms with Gasteiger partial charge in [-0.2, -0.15) is 0 Å². The minimum absolute atomic E-state index is 0.569. The van der Waals surface area contributed by atoms with Gasteiger partial charge < -0.3 is 14.8 Å². The summed E-state index contributed by atoms with van der Waals surface area (Å²) in [5, 5.41) is 11.1. The van der Waals surface area contributed by atoms with Gasteiger partial charge >= 0.3 is 11.9 Å². The molecular formula is C21H23NO4. The predicted molar refractivity (Wildman–Crippen MR) is 101 cm³/mol. The van der Waals surface area contributed by atoms with Crippen LogP contribution in [-0.4, -0.2) is 22.0 Å². The molecule has 5 nitrogen and oxygen atoms in total. The first kappa shape index (κ1) is 18.0. The van der Waals surface area contributed by atoms with E-state index in [9.17, 15) is 9.59 Å². The highest BCUT2D eigenvalue weighted by Crippen LogP contribution is 2.36. The van der Waals surface area contributed by atoms with Crippen LogP contribution >= 0.6 is 0 Å². The number of carbonyl (C=O) groups excluding carboxylic acids is 1. The number of esters is 1. The van der Waals surface area contributed by atoms with Gasteiger partial charge in [-0.15, -0.1) is 0 Å². The van der Waals surface area contributed by atoms with Crippen LogP contribution < -0.4 is 0 Å². The van der Waals surface area contributed by atoms with Gasteiger partial charge in [-0.3, -0.25) is 9.59 Å². The van der Waals surface area contributed by atoms with Gasteiger partial charge in [0.05, 0.1) is 0 Å². The van der Waals surface area contributed by atoms with Crippen LogP contribution in [0.1, 0.15) is 44.2 Å². The fraction of sp³-hybridized carbons (Fsp3) is 0.333. The van der Waals surface area contributed by atoms with Gasteiger partial charge in [0, 0.05) is 21.8 Å². The summed E-state index contributed by atoms with van der Waals surface area (Å²) in [5.41, 5.74) is 3.28. The topological polar surface area (TPSA) is 79.4 Å². The zero-order chi connectivity index (χ0) is 18.9. The van der Waals surface area contributed by atoms with Crippen molar-refractivity contribution in [2.24, 2.45) is 0 Å². The Morgan fingerprint density at radius 3 is 2.42 bits per heavy atom. The van der Waals surface area contributed by atoms with Crippen molar-refractivity contribution in [2.45, 2.75) is 45.6 Å². The number of hydrogen-bond acceptors (Lipinski definition) is 3. The summed E-state index contributed by atoms with van der Waals surface area (Å²) >= 11 is 0. The van der Waals surface area contributed by atoms with E-state index in [4.69, 9.17) is 9.84 Å². The normalized spacial score (nSPS) is 11.8. The molecule has 0 fully saturated rings. The maximum atomic E-state index is 12.0. The molecule has 0 saturated heterocycles. The van der Waals surface area contributed by atoms with E-state index in [1.165, 1.54) is 5.56 Å². The second-order valence-corrected chi connectivity index (χ2v) is 6.68. The third-order valence-electron chi connectivity index (χ3n) is 5.03. The molecule has 1 heterocycles. The van der Waals surface area contributed by atoms with Gasteiger partial charge in [-0.1, -0.05) is 37.6 Å². The summed E-state index contributed by atoms with van der Waals surface area (Å²) in [6.45, 7) is 5.94. The van der Waals surface area contributed by atoms with E-state index in [0.717, 1.165) is 27.4 Å². The molecule has 0 saturated carbocycles. The maximum absolute atomic E-state index is 12.0. The van der Waals surface area contributed by atoms with Crippen molar-refractivity contribution < 1.29 is 19.4 Å². The number of fused-ring (bicyclic) bond motifs is 3. The number of rotatable bonds is 6. The lowest BCUT2D eigenvalue weighted by Crippen LogP contribution is -2.32. The molecule has 5 heteroatoms. The van der Waals surface area contributed by atoms with Crippen molar-refractivity contribution in [3.8, 4) is 0 Å². The SMILES string of the molecule is CCC(CC)(OC(=O)CC(=O)O)c1ccc2c(c1)[nH]c1ccc(C)cc12. The molecule has 3 rings (SSSR count). The molecule has 0 amide bonds. The summed E-state index contributed by atoms with van der Waals surface area (Å²) in [7, 11) is 0. The fourth-order valence-corrected chi connectivity index (χ4v) is 3.54. The Balaban J connectivity index is 2.06. The number of ether oxygens (including phenoxy) is 1. The van der Waals surface area contributed by atoms with Crippen LogP contribution in [0.5, 0.6) is 0 Å². The van der Waals surface area contributed by atoms with Crippen molar-refractivity contribution in [1.82, 2.24) is 4.98 Å². The first-order chi connectivity index (χ1) is 12.4. The number of hydrogen-bond donors (Lipinski definition) is 2. The zero-order valence-electron chi connectivity index (χ0n) is 15.3. The average Bonchev–Trinajstić information content (AvgIpc) is 2.96. The first-order valence-electron chi connectivity index (χ1n) is 8.84. The van der Waals surface area contributed by atoms with Gasteiger partial charge in [0.15, 0.2) is 0 Å². The Kier molecular flexibility index (Phi) is 4.72. The minimum atomic E-state index is -1.18. The molecule has 0 aliphatic heterocycles. The largest absolute Gasteiger partial charge is 0.481 e. The van der Waals surface area contributed by atoms with Crippen LogP contribution in [0.2, 0.25) is 0 Å². The summed E-state index contributed by atoms with van der Waals surface area (Å²) in [5.74, 6) is -1.90. The van der Waals surface area contributed by atoms with Crippen LogP contribution in [0.4, 0.5) is 0 Å². The summed E-state index contributed by atoms with van der Waals surface area (Å²) < 4.78 is 5.64. The van der Waals surface area contributed by atoms with Crippen molar-refractivity contribution in [3.05, 3.63) is 47.5 Å². The molecule has 0 radical (unpaired) electrons. The second-order valence-electron chi connectivity index (χ2n) is 6.68.